The third kappa shape index (κ3) is 3.88. The summed E-state index contributed by atoms with van der Waals surface area (Å²) in [6.07, 6.45) is 3.31. The molecule has 2 saturated heterocycles. The fourth-order valence-electron chi connectivity index (χ4n) is 4.73. The molecule has 6 rings (SSSR count). The molecular weight excluding hydrogens is 495 g/mol. The Kier molecular flexibility index (Phi) is 5.50. The van der Waals surface area contributed by atoms with E-state index in [4.69, 9.17) is 46.9 Å². The summed E-state index contributed by atoms with van der Waals surface area (Å²) in [5.74, 6) is 0.305. The first-order chi connectivity index (χ1) is 16.8. The van der Waals surface area contributed by atoms with Crippen molar-refractivity contribution in [1.29, 1.82) is 0 Å². The van der Waals surface area contributed by atoms with E-state index < -0.39 is 18.1 Å². The quantitative estimate of drug-likeness (QED) is 0.349. The van der Waals surface area contributed by atoms with Crippen molar-refractivity contribution in [1.82, 2.24) is 19.5 Å². The Morgan fingerprint density at radius 1 is 1.03 bits per heavy atom. The van der Waals surface area contributed by atoms with Crippen LogP contribution in [0.2, 0.25) is 10.2 Å². The zero-order valence-corrected chi connectivity index (χ0v) is 20.7. The highest BCUT2D eigenvalue weighted by molar-refractivity contribution is 6.35. The number of hydrogen-bond acceptors (Lipinski definition) is 8. The van der Waals surface area contributed by atoms with E-state index in [1.54, 1.807) is 25.4 Å². The molecule has 2 fully saturated rings. The second-order valence-electron chi connectivity index (χ2n) is 8.88. The Morgan fingerprint density at radius 3 is 2.69 bits per heavy atom. The Bertz CT molecular complexity index is 1430. The van der Waals surface area contributed by atoms with Crippen LogP contribution in [0.25, 0.3) is 21.9 Å². The van der Waals surface area contributed by atoms with Crippen LogP contribution in [0, 0.1) is 0 Å². The van der Waals surface area contributed by atoms with Gasteiger partial charge >= 0.3 is 0 Å². The molecule has 4 atom stereocenters. The monoisotopic (exact) mass is 516 g/mol. The molecule has 1 aromatic carbocycles. The number of hydrogen-bond donors (Lipinski definition) is 0. The van der Waals surface area contributed by atoms with Gasteiger partial charge in [0, 0.05) is 23.8 Å². The van der Waals surface area contributed by atoms with Crippen LogP contribution >= 0.6 is 23.2 Å². The summed E-state index contributed by atoms with van der Waals surface area (Å²) in [6, 6.07) is 7.21. The summed E-state index contributed by atoms with van der Waals surface area (Å²) in [4.78, 5) is 12.8. The number of pyridine rings is 1. The number of fused-ring (bicyclic) bond motifs is 3. The number of nitrogens with zero attached hydrogens (tertiary/aromatic N) is 4. The molecule has 11 heteroatoms. The van der Waals surface area contributed by atoms with Gasteiger partial charge in [0.05, 0.1) is 23.0 Å². The maximum absolute atomic E-state index is 6.42. The van der Waals surface area contributed by atoms with Gasteiger partial charge in [-0.2, -0.15) is 0 Å². The Morgan fingerprint density at radius 2 is 1.86 bits per heavy atom. The summed E-state index contributed by atoms with van der Waals surface area (Å²) in [7, 11) is 1.58. The molecule has 0 aliphatic carbocycles. The van der Waals surface area contributed by atoms with E-state index in [1.807, 2.05) is 36.7 Å². The Balaban J connectivity index is 1.30. The lowest BCUT2D eigenvalue weighted by Gasteiger charge is -2.25. The zero-order chi connectivity index (χ0) is 24.3. The van der Waals surface area contributed by atoms with Crippen LogP contribution in [0.5, 0.6) is 11.5 Å². The van der Waals surface area contributed by atoms with Gasteiger partial charge in [0.25, 0.3) is 0 Å². The first-order valence-corrected chi connectivity index (χ1v) is 11.8. The average molecular weight is 517 g/mol. The van der Waals surface area contributed by atoms with E-state index in [0.29, 0.717) is 32.8 Å². The maximum Gasteiger partial charge on any atom is 0.164 e. The number of aromatic nitrogens is 4. The SMILES string of the molecule is COc1cc2c(Cl)ccnc2cc1OC[C@H]1O[C@@H](n2ccc3c(Cl)ncnc32)[C@@H]2OC(C)(C)OC21. The van der Waals surface area contributed by atoms with Gasteiger partial charge in [-0.25, -0.2) is 9.97 Å². The first kappa shape index (κ1) is 22.8. The normalized spacial score (nSPS) is 25.3. The van der Waals surface area contributed by atoms with Crippen molar-refractivity contribution in [3.05, 3.63) is 53.2 Å². The molecular formula is C24H22Cl2N4O5. The van der Waals surface area contributed by atoms with Crippen LogP contribution in [0.3, 0.4) is 0 Å². The lowest BCUT2D eigenvalue weighted by Crippen LogP contribution is -2.34. The molecule has 3 aromatic heterocycles. The standard InChI is InChI=1S/C24H22Cl2N4O5/c1-24(2)34-19-18(10-32-17-9-15-13(8-16(17)31-3)14(25)4-6-27-15)33-23(20(19)35-24)30-7-5-12-21(26)28-11-29-22(12)30/h4-9,11,18-20,23H,10H2,1-3H3/t18-,19?,20-,23-/m1/s1. The minimum Gasteiger partial charge on any atom is -0.493 e. The minimum absolute atomic E-state index is 0.203. The highest BCUT2D eigenvalue weighted by Gasteiger charge is 2.56. The molecule has 0 radical (unpaired) electrons. The van der Waals surface area contributed by atoms with Crippen molar-refractivity contribution in [3.8, 4) is 11.5 Å². The van der Waals surface area contributed by atoms with Crippen LogP contribution in [0.15, 0.2) is 43.0 Å². The molecule has 182 valence electrons. The zero-order valence-electron chi connectivity index (χ0n) is 19.1. The van der Waals surface area contributed by atoms with E-state index in [2.05, 4.69) is 15.0 Å². The van der Waals surface area contributed by atoms with Gasteiger partial charge in [-0.3, -0.25) is 4.98 Å². The van der Waals surface area contributed by atoms with Gasteiger partial charge in [0.1, 0.15) is 42.0 Å². The molecule has 35 heavy (non-hydrogen) atoms. The van der Waals surface area contributed by atoms with E-state index in [9.17, 15) is 0 Å². The summed E-state index contributed by atoms with van der Waals surface area (Å²) in [6.45, 7) is 3.97. The number of rotatable bonds is 5. The molecule has 0 saturated carbocycles. The molecule has 0 N–H and O–H groups in total. The molecule has 5 heterocycles. The fraction of sp³-hybridized carbons (Fsp3) is 0.375. The van der Waals surface area contributed by atoms with Crippen molar-refractivity contribution in [3.63, 3.8) is 0 Å². The topological polar surface area (TPSA) is 89.8 Å². The number of benzene rings is 1. The smallest absolute Gasteiger partial charge is 0.164 e. The van der Waals surface area contributed by atoms with Crippen molar-refractivity contribution in [2.24, 2.45) is 0 Å². The molecule has 0 bridgehead atoms. The molecule has 0 spiro atoms. The highest BCUT2D eigenvalue weighted by atomic mass is 35.5. The molecule has 1 unspecified atom stereocenters. The highest BCUT2D eigenvalue weighted by Crippen LogP contribution is 2.44. The predicted molar refractivity (Wildman–Crippen MR) is 129 cm³/mol. The van der Waals surface area contributed by atoms with Crippen molar-refractivity contribution < 1.29 is 23.7 Å². The number of halogens is 2. The van der Waals surface area contributed by atoms with Crippen LogP contribution < -0.4 is 9.47 Å². The Labute approximate surface area is 210 Å². The van der Waals surface area contributed by atoms with Gasteiger partial charge in [-0.15, -0.1) is 0 Å². The molecule has 4 aromatic rings. The lowest BCUT2D eigenvalue weighted by molar-refractivity contribution is -0.198. The first-order valence-electron chi connectivity index (χ1n) is 11.1. The van der Waals surface area contributed by atoms with Crippen molar-refractivity contribution >= 4 is 45.1 Å². The van der Waals surface area contributed by atoms with Crippen LogP contribution in [0.1, 0.15) is 20.1 Å². The van der Waals surface area contributed by atoms with Gasteiger partial charge < -0.3 is 28.3 Å². The van der Waals surface area contributed by atoms with Crippen molar-refractivity contribution in [2.75, 3.05) is 13.7 Å². The van der Waals surface area contributed by atoms with E-state index in [-0.39, 0.29) is 18.8 Å². The van der Waals surface area contributed by atoms with E-state index >= 15 is 0 Å². The van der Waals surface area contributed by atoms with Gasteiger partial charge in [-0.1, -0.05) is 23.2 Å². The van der Waals surface area contributed by atoms with Gasteiger partial charge in [0.2, 0.25) is 0 Å². The molecule has 2 aliphatic rings. The van der Waals surface area contributed by atoms with E-state index in [1.165, 1.54) is 6.33 Å². The average Bonchev–Trinajstić information content (AvgIpc) is 3.49. The summed E-state index contributed by atoms with van der Waals surface area (Å²) >= 11 is 12.6. The third-order valence-corrected chi connectivity index (χ3v) is 6.87. The summed E-state index contributed by atoms with van der Waals surface area (Å²) < 4.78 is 32.5. The van der Waals surface area contributed by atoms with Gasteiger partial charge in [0.15, 0.2) is 23.5 Å². The molecule has 0 amide bonds. The second-order valence-corrected chi connectivity index (χ2v) is 9.64. The van der Waals surface area contributed by atoms with Crippen LogP contribution in [-0.4, -0.2) is 57.3 Å². The largest absolute Gasteiger partial charge is 0.493 e. The molecule has 9 nitrogen and oxygen atoms in total. The van der Waals surface area contributed by atoms with E-state index in [0.717, 1.165) is 10.8 Å². The van der Waals surface area contributed by atoms with Crippen molar-refractivity contribution in [2.45, 2.75) is 44.2 Å². The molecule has 2 aliphatic heterocycles. The lowest BCUT2D eigenvalue weighted by atomic mass is 10.1. The van der Waals surface area contributed by atoms with Crippen LogP contribution in [0.4, 0.5) is 0 Å². The summed E-state index contributed by atoms with van der Waals surface area (Å²) in [5, 5.41) is 2.49. The third-order valence-electron chi connectivity index (χ3n) is 6.24. The fourth-order valence-corrected chi connectivity index (χ4v) is 5.13. The number of ether oxygens (including phenoxy) is 5. The second kappa shape index (κ2) is 8.46. The maximum atomic E-state index is 6.42. The van der Waals surface area contributed by atoms with Crippen LogP contribution in [-0.2, 0) is 14.2 Å². The number of methoxy groups -OCH3 is 1. The van der Waals surface area contributed by atoms with Gasteiger partial charge in [-0.05, 0) is 32.0 Å². The predicted octanol–water partition coefficient (Wildman–Crippen LogP) is 4.79. The summed E-state index contributed by atoms with van der Waals surface area (Å²) in [5.41, 5.74) is 1.36. The Hall–Kier alpha value is -2.69. The minimum atomic E-state index is -0.771.